The predicted molar refractivity (Wildman–Crippen MR) is 125 cm³/mol. The maximum Gasteiger partial charge on any atom is 0.326 e. The van der Waals surface area contributed by atoms with Gasteiger partial charge in [0, 0.05) is 12.2 Å². The van der Waals surface area contributed by atoms with Gasteiger partial charge in [0.15, 0.2) is 0 Å². The van der Waals surface area contributed by atoms with Gasteiger partial charge in [0.05, 0.1) is 6.04 Å². The van der Waals surface area contributed by atoms with Crippen molar-refractivity contribution in [2.45, 2.75) is 63.7 Å². The molecule has 0 aliphatic heterocycles. The van der Waals surface area contributed by atoms with Crippen molar-refractivity contribution in [2.24, 2.45) is 11.7 Å². The lowest BCUT2D eigenvalue weighted by Gasteiger charge is -2.25. The van der Waals surface area contributed by atoms with Gasteiger partial charge < -0.3 is 31.9 Å². The Balaban J connectivity index is 5.18. The van der Waals surface area contributed by atoms with E-state index in [1.54, 1.807) is 0 Å². The lowest BCUT2D eigenvalue weighted by Crippen LogP contribution is -2.58. The predicted octanol–water partition coefficient (Wildman–Crippen LogP) is -0.553. The highest BCUT2D eigenvalue weighted by molar-refractivity contribution is 7.98. The van der Waals surface area contributed by atoms with Gasteiger partial charge in [0.25, 0.3) is 0 Å². The molecule has 0 saturated carbocycles. The highest BCUT2D eigenvalue weighted by Gasteiger charge is 2.30. The van der Waals surface area contributed by atoms with Crippen molar-refractivity contribution in [3.63, 3.8) is 0 Å². The number of carboxylic acids is 2. The summed E-state index contributed by atoms with van der Waals surface area (Å²) in [6.07, 6.45) is 1.89. The van der Waals surface area contributed by atoms with E-state index >= 15 is 0 Å². The van der Waals surface area contributed by atoms with E-state index in [1.807, 2.05) is 20.1 Å². The summed E-state index contributed by atoms with van der Waals surface area (Å²) in [7, 11) is 0. The van der Waals surface area contributed by atoms with Crippen LogP contribution in [0.25, 0.3) is 0 Å². The fourth-order valence-electron chi connectivity index (χ4n) is 2.62. The molecule has 0 rings (SSSR count). The lowest BCUT2D eigenvalue weighted by molar-refractivity contribution is -0.142. The molecule has 7 N–H and O–H groups in total. The van der Waals surface area contributed by atoms with E-state index in [2.05, 4.69) is 28.6 Å². The average Bonchev–Trinajstić information content (AvgIpc) is 2.71. The van der Waals surface area contributed by atoms with E-state index in [0.717, 1.165) is 0 Å². The standard InChI is InChI=1S/C19H34N4O7S2/c1-10(2)8-13(22-16(26)11(20)4-5-15(24)25)17(27)23-14(9-31)18(28)21-12(19(29)30)6-7-32-3/h10-14,31H,4-9,20H2,1-3H3,(H,21,28)(H,22,26)(H,23,27)(H,24,25)(H,29,30). The van der Waals surface area contributed by atoms with E-state index < -0.39 is 53.8 Å². The third kappa shape index (κ3) is 12.2. The first-order valence-electron chi connectivity index (χ1n) is 10.1. The fraction of sp³-hybridized carbons (Fsp3) is 0.737. The molecule has 11 nitrogen and oxygen atoms in total. The van der Waals surface area contributed by atoms with Crippen molar-refractivity contribution in [1.82, 2.24) is 16.0 Å². The van der Waals surface area contributed by atoms with Crippen LogP contribution < -0.4 is 21.7 Å². The number of hydrogen-bond acceptors (Lipinski definition) is 8. The number of carbonyl (C=O) groups excluding carboxylic acids is 3. The van der Waals surface area contributed by atoms with Gasteiger partial charge in [-0.1, -0.05) is 13.8 Å². The molecule has 0 aromatic carbocycles. The van der Waals surface area contributed by atoms with Gasteiger partial charge >= 0.3 is 11.9 Å². The van der Waals surface area contributed by atoms with Gasteiger partial charge in [-0.2, -0.15) is 24.4 Å². The van der Waals surface area contributed by atoms with Gasteiger partial charge in [-0.25, -0.2) is 4.79 Å². The Bertz CT molecular complexity index is 664. The van der Waals surface area contributed by atoms with Crippen molar-refractivity contribution < 1.29 is 34.2 Å². The third-order valence-electron chi connectivity index (χ3n) is 4.39. The van der Waals surface area contributed by atoms with Gasteiger partial charge in [0.1, 0.15) is 18.1 Å². The zero-order valence-corrected chi connectivity index (χ0v) is 20.2. The fourth-order valence-corrected chi connectivity index (χ4v) is 3.35. The maximum absolute atomic E-state index is 12.8. The number of thiol groups is 1. The molecular formula is C19H34N4O7S2. The molecule has 0 aliphatic rings. The Hall–Kier alpha value is -1.99. The van der Waals surface area contributed by atoms with Crippen LogP contribution in [-0.2, 0) is 24.0 Å². The second-order valence-corrected chi connectivity index (χ2v) is 9.01. The van der Waals surface area contributed by atoms with Crippen LogP contribution in [0.2, 0.25) is 0 Å². The van der Waals surface area contributed by atoms with Gasteiger partial charge in [-0.3, -0.25) is 19.2 Å². The molecular weight excluding hydrogens is 460 g/mol. The van der Waals surface area contributed by atoms with Crippen LogP contribution in [0.15, 0.2) is 0 Å². The molecule has 0 bridgehead atoms. The highest BCUT2D eigenvalue weighted by atomic mass is 32.2. The van der Waals surface area contributed by atoms with Crippen molar-refractivity contribution in [3.05, 3.63) is 0 Å². The Kier molecular flexibility index (Phi) is 14.8. The maximum atomic E-state index is 12.8. The molecule has 0 aromatic rings. The Morgan fingerprint density at radius 3 is 1.91 bits per heavy atom. The molecule has 3 amide bonds. The minimum atomic E-state index is -1.18. The smallest absolute Gasteiger partial charge is 0.326 e. The Morgan fingerprint density at radius 1 is 0.906 bits per heavy atom. The van der Waals surface area contributed by atoms with Crippen molar-refractivity contribution in [3.8, 4) is 0 Å². The molecule has 32 heavy (non-hydrogen) atoms. The summed E-state index contributed by atoms with van der Waals surface area (Å²) in [5.74, 6) is -3.86. The third-order valence-corrected chi connectivity index (χ3v) is 5.40. The number of aliphatic carboxylic acids is 2. The van der Waals surface area contributed by atoms with Crippen LogP contribution >= 0.6 is 24.4 Å². The molecule has 4 unspecified atom stereocenters. The van der Waals surface area contributed by atoms with Crippen LogP contribution in [0.4, 0.5) is 0 Å². The summed E-state index contributed by atoms with van der Waals surface area (Å²) in [6, 6.07) is -4.34. The van der Waals surface area contributed by atoms with Crippen LogP contribution in [0.1, 0.15) is 39.5 Å². The number of hydrogen-bond donors (Lipinski definition) is 7. The number of thioether (sulfide) groups is 1. The van der Waals surface area contributed by atoms with Crippen molar-refractivity contribution >= 4 is 54.1 Å². The summed E-state index contributed by atoms with van der Waals surface area (Å²) in [6.45, 7) is 3.67. The van der Waals surface area contributed by atoms with E-state index in [0.29, 0.717) is 5.75 Å². The number of nitrogens with one attached hydrogen (secondary N) is 3. The lowest BCUT2D eigenvalue weighted by atomic mass is 10.0. The SMILES string of the molecule is CSCCC(NC(=O)C(CS)NC(=O)C(CC(C)C)NC(=O)C(N)CCC(=O)O)C(=O)O. The largest absolute Gasteiger partial charge is 0.481 e. The first-order chi connectivity index (χ1) is 14.9. The normalized spacial score (nSPS) is 14.7. The first kappa shape index (κ1) is 30.0. The zero-order valence-electron chi connectivity index (χ0n) is 18.5. The number of nitrogens with two attached hydrogens (primary N) is 1. The monoisotopic (exact) mass is 494 g/mol. The van der Waals surface area contributed by atoms with Gasteiger partial charge in [-0.05, 0) is 37.2 Å². The molecule has 184 valence electrons. The molecule has 0 heterocycles. The molecule has 0 radical (unpaired) electrons. The first-order valence-corrected chi connectivity index (χ1v) is 12.2. The second-order valence-electron chi connectivity index (χ2n) is 7.65. The van der Waals surface area contributed by atoms with Gasteiger partial charge in [-0.15, -0.1) is 0 Å². The number of carboxylic acid groups (broad SMARTS) is 2. The molecule has 13 heteroatoms. The molecule has 0 spiro atoms. The van der Waals surface area contributed by atoms with E-state index in [4.69, 9.17) is 10.8 Å². The molecule has 0 fully saturated rings. The molecule has 0 saturated heterocycles. The van der Waals surface area contributed by atoms with Crippen LogP contribution in [0.3, 0.4) is 0 Å². The quantitative estimate of drug-likeness (QED) is 0.138. The van der Waals surface area contributed by atoms with E-state index in [-0.39, 0.29) is 37.4 Å². The number of amides is 3. The topological polar surface area (TPSA) is 188 Å². The Morgan fingerprint density at radius 2 is 1.44 bits per heavy atom. The summed E-state index contributed by atoms with van der Waals surface area (Å²) in [5.41, 5.74) is 5.70. The van der Waals surface area contributed by atoms with Crippen molar-refractivity contribution in [2.75, 3.05) is 17.8 Å². The Labute approximate surface area is 197 Å². The summed E-state index contributed by atoms with van der Waals surface area (Å²) in [4.78, 5) is 59.6. The highest BCUT2D eigenvalue weighted by Crippen LogP contribution is 2.08. The van der Waals surface area contributed by atoms with Gasteiger partial charge in [0.2, 0.25) is 17.7 Å². The van der Waals surface area contributed by atoms with E-state index in [1.165, 1.54) is 11.8 Å². The summed E-state index contributed by atoms with van der Waals surface area (Å²) >= 11 is 5.51. The second kappa shape index (κ2) is 15.8. The summed E-state index contributed by atoms with van der Waals surface area (Å²) < 4.78 is 0. The summed E-state index contributed by atoms with van der Waals surface area (Å²) in [5, 5.41) is 25.4. The molecule has 0 aromatic heterocycles. The minimum Gasteiger partial charge on any atom is -0.481 e. The van der Waals surface area contributed by atoms with Crippen molar-refractivity contribution in [1.29, 1.82) is 0 Å². The van der Waals surface area contributed by atoms with Crippen LogP contribution in [0.5, 0.6) is 0 Å². The number of carbonyl (C=O) groups is 5. The minimum absolute atomic E-state index is 0.00695. The van der Waals surface area contributed by atoms with Crippen LogP contribution in [0, 0.1) is 5.92 Å². The number of rotatable bonds is 16. The van der Waals surface area contributed by atoms with E-state index in [9.17, 15) is 29.1 Å². The van der Waals surface area contributed by atoms with Crippen LogP contribution in [-0.4, -0.2) is 81.8 Å². The molecule has 0 aliphatic carbocycles. The average molecular weight is 495 g/mol. The zero-order chi connectivity index (χ0) is 24.8. The molecule has 4 atom stereocenters.